The highest BCUT2D eigenvalue weighted by molar-refractivity contribution is 6.28. The lowest BCUT2D eigenvalue weighted by molar-refractivity contribution is -0.114. The number of hydrogen-bond donors (Lipinski definition) is 3. The standard InChI is InChI=1S/C14H14ClN5O2/c1-8(21)18-10-5-3-4-6-11(10)19-12-9(13(22)16-2)7-17-14(15)20-12/h3-7H,1-2H3,(H,16,22)(H,18,21)(H,17,19,20). The third-order valence-electron chi connectivity index (χ3n) is 2.72. The second-order valence-corrected chi connectivity index (χ2v) is 4.67. The molecule has 7 nitrogen and oxygen atoms in total. The van der Waals surface area contributed by atoms with Crippen molar-refractivity contribution in [1.29, 1.82) is 0 Å². The van der Waals surface area contributed by atoms with Crippen LogP contribution in [0.5, 0.6) is 0 Å². The minimum Gasteiger partial charge on any atom is -0.355 e. The van der Waals surface area contributed by atoms with Crippen molar-refractivity contribution in [3.8, 4) is 0 Å². The molecule has 2 amide bonds. The summed E-state index contributed by atoms with van der Waals surface area (Å²) < 4.78 is 0. The Morgan fingerprint density at radius 3 is 2.50 bits per heavy atom. The van der Waals surface area contributed by atoms with Crippen LogP contribution in [-0.2, 0) is 4.79 Å². The molecule has 22 heavy (non-hydrogen) atoms. The van der Waals surface area contributed by atoms with Crippen molar-refractivity contribution < 1.29 is 9.59 Å². The van der Waals surface area contributed by atoms with Gasteiger partial charge < -0.3 is 16.0 Å². The zero-order valence-corrected chi connectivity index (χ0v) is 12.7. The molecule has 0 saturated carbocycles. The van der Waals surface area contributed by atoms with Crippen LogP contribution in [0.3, 0.4) is 0 Å². The molecule has 0 saturated heterocycles. The highest BCUT2D eigenvalue weighted by Gasteiger charge is 2.14. The summed E-state index contributed by atoms with van der Waals surface area (Å²) in [4.78, 5) is 30.9. The van der Waals surface area contributed by atoms with E-state index in [0.29, 0.717) is 11.4 Å². The first-order valence-corrected chi connectivity index (χ1v) is 6.77. The van der Waals surface area contributed by atoms with E-state index in [-0.39, 0.29) is 28.5 Å². The average Bonchev–Trinajstić information content (AvgIpc) is 2.48. The van der Waals surface area contributed by atoms with Crippen LogP contribution in [0, 0.1) is 0 Å². The van der Waals surface area contributed by atoms with E-state index >= 15 is 0 Å². The number of nitrogens with zero attached hydrogens (tertiary/aromatic N) is 2. The Bertz CT molecular complexity index is 720. The Balaban J connectivity index is 2.41. The second kappa shape index (κ2) is 6.86. The molecule has 8 heteroatoms. The number of anilines is 3. The number of carbonyl (C=O) groups is 2. The lowest BCUT2D eigenvalue weighted by Crippen LogP contribution is -2.20. The van der Waals surface area contributed by atoms with E-state index in [1.165, 1.54) is 20.2 Å². The molecular weight excluding hydrogens is 306 g/mol. The van der Waals surface area contributed by atoms with Gasteiger partial charge in [0.05, 0.1) is 11.4 Å². The maximum Gasteiger partial charge on any atom is 0.256 e. The molecule has 0 unspecified atom stereocenters. The van der Waals surface area contributed by atoms with Gasteiger partial charge in [0.25, 0.3) is 5.91 Å². The molecule has 0 radical (unpaired) electrons. The van der Waals surface area contributed by atoms with Crippen LogP contribution in [0.15, 0.2) is 30.5 Å². The summed E-state index contributed by atoms with van der Waals surface area (Å²) in [5, 5.41) is 8.19. The molecule has 1 aromatic carbocycles. The molecular formula is C14H14ClN5O2. The van der Waals surface area contributed by atoms with Gasteiger partial charge in [0.1, 0.15) is 11.4 Å². The summed E-state index contributed by atoms with van der Waals surface area (Å²) in [5.41, 5.74) is 1.38. The largest absolute Gasteiger partial charge is 0.355 e. The zero-order valence-electron chi connectivity index (χ0n) is 12.0. The minimum atomic E-state index is -0.351. The smallest absolute Gasteiger partial charge is 0.256 e. The predicted octanol–water partition coefficient (Wildman–Crippen LogP) is 2.19. The number of nitrogens with one attached hydrogen (secondary N) is 3. The van der Waals surface area contributed by atoms with Gasteiger partial charge in [-0.05, 0) is 23.7 Å². The van der Waals surface area contributed by atoms with Crippen molar-refractivity contribution in [3.63, 3.8) is 0 Å². The normalized spacial score (nSPS) is 9.95. The number of carbonyl (C=O) groups excluding carboxylic acids is 2. The van der Waals surface area contributed by atoms with Gasteiger partial charge in [-0.1, -0.05) is 12.1 Å². The van der Waals surface area contributed by atoms with Gasteiger partial charge in [-0.2, -0.15) is 4.98 Å². The molecule has 0 aliphatic heterocycles. The number of halogens is 1. The van der Waals surface area contributed by atoms with Gasteiger partial charge in [-0.3, -0.25) is 9.59 Å². The summed E-state index contributed by atoms with van der Waals surface area (Å²) in [7, 11) is 1.51. The van der Waals surface area contributed by atoms with Gasteiger partial charge in [-0.15, -0.1) is 0 Å². The molecule has 3 N–H and O–H groups in total. The lowest BCUT2D eigenvalue weighted by Gasteiger charge is -2.13. The summed E-state index contributed by atoms with van der Waals surface area (Å²) in [6.07, 6.45) is 1.33. The number of rotatable bonds is 4. The van der Waals surface area contributed by atoms with Crippen LogP contribution < -0.4 is 16.0 Å². The molecule has 2 aromatic rings. The van der Waals surface area contributed by atoms with E-state index in [4.69, 9.17) is 11.6 Å². The van der Waals surface area contributed by atoms with E-state index in [9.17, 15) is 9.59 Å². The number of amides is 2. The molecule has 1 heterocycles. The van der Waals surface area contributed by atoms with Gasteiger partial charge in [-0.25, -0.2) is 4.98 Å². The zero-order chi connectivity index (χ0) is 16.1. The Morgan fingerprint density at radius 2 is 1.86 bits per heavy atom. The maximum absolute atomic E-state index is 11.9. The topological polar surface area (TPSA) is 96.0 Å². The summed E-state index contributed by atoms with van der Waals surface area (Å²) in [5.74, 6) is -0.310. The lowest BCUT2D eigenvalue weighted by atomic mass is 10.2. The fourth-order valence-electron chi connectivity index (χ4n) is 1.77. The van der Waals surface area contributed by atoms with Gasteiger partial charge >= 0.3 is 0 Å². The van der Waals surface area contributed by atoms with Crippen molar-refractivity contribution in [2.75, 3.05) is 17.7 Å². The molecule has 0 bridgehead atoms. The van der Waals surface area contributed by atoms with Crippen molar-refractivity contribution in [2.24, 2.45) is 0 Å². The third-order valence-corrected chi connectivity index (χ3v) is 2.90. The Hall–Kier alpha value is -2.67. The number of hydrogen-bond acceptors (Lipinski definition) is 5. The summed E-state index contributed by atoms with van der Waals surface area (Å²) >= 11 is 5.79. The first kappa shape index (κ1) is 15.7. The highest BCUT2D eigenvalue weighted by Crippen LogP contribution is 2.26. The fraction of sp³-hybridized carbons (Fsp3) is 0.143. The van der Waals surface area contributed by atoms with E-state index < -0.39 is 0 Å². The molecule has 0 aliphatic rings. The monoisotopic (exact) mass is 319 g/mol. The Labute approximate surface area is 132 Å². The van der Waals surface area contributed by atoms with Crippen LogP contribution in [0.2, 0.25) is 5.28 Å². The van der Waals surface area contributed by atoms with Crippen molar-refractivity contribution in [1.82, 2.24) is 15.3 Å². The van der Waals surface area contributed by atoms with Gasteiger partial charge in [0.2, 0.25) is 11.2 Å². The van der Waals surface area contributed by atoms with Crippen molar-refractivity contribution >= 4 is 40.6 Å². The van der Waals surface area contributed by atoms with Gasteiger partial charge in [0.15, 0.2) is 0 Å². The average molecular weight is 320 g/mol. The van der Waals surface area contributed by atoms with Crippen LogP contribution >= 0.6 is 11.6 Å². The van der Waals surface area contributed by atoms with E-state index in [0.717, 1.165) is 0 Å². The number of benzene rings is 1. The molecule has 114 valence electrons. The van der Waals surface area contributed by atoms with Gasteiger partial charge in [0, 0.05) is 20.2 Å². The predicted molar refractivity (Wildman–Crippen MR) is 84.5 cm³/mol. The quantitative estimate of drug-likeness (QED) is 0.751. The fourth-order valence-corrected chi connectivity index (χ4v) is 1.91. The van der Waals surface area contributed by atoms with Crippen LogP contribution in [-0.4, -0.2) is 28.8 Å². The molecule has 0 aliphatic carbocycles. The van der Waals surface area contributed by atoms with Crippen molar-refractivity contribution in [3.05, 3.63) is 41.3 Å². The molecule has 0 fully saturated rings. The van der Waals surface area contributed by atoms with E-state index in [1.54, 1.807) is 24.3 Å². The van der Waals surface area contributed by atoms with Crippen molar-refractivity contribution in [2.45, 2.75) is 6.92 Å². The third kappa shape index (κ3) is 3.70. The molecule has 1 aromatic heterocycles. The number of para-hydroxylation sites is 2. The summed E-state index contributed by atoms with van der Waals surface area (Å²) in [6.45, 7) is 1.41. The Morgan fingerprint density at radius 1 is 1.18 bits per heavy atom. The highest BCUT2D eigenvalue weighted by atomic mass is 35.5. The summed E-state index contributed by atoms with van der Waals surface area (Å²) in [6, 6.07) is 7.04. The second-order valence-electron chi connectivity index (χ2n) is 4.33. The van der Waals surface area contributed by atoms with E-state index in [1.807, 2.05) is 0 Å². The molecule has 2 rings (SSSR count). The Kier molecular flexibility index (Phi) is 4.90. The van der Waals surface area contributed by atoms with Crippen LogP contribution in [0.1, 0.15) is 17.3 Å². The maximum atomic E-state index is 11.9. The minimum absolute atomic E-state index is 0.00663. The molecule has 0 atom stereocenters. The van der Waals surface area contributed by atoms with E-state index in [2.05, 4.69) is 25.9 Å². The van der Waals surface area contributed by atoms with Crippen LogP contribution in [0.25, 0.3) is 0 Å². The SMILES string of the molecule is CNC(=O)c1cnc(Cl)nc1Nc1ccccc1NC(C)=O. The first-order valence-electron chi connectivity index (χ1n) is 6.39. The van der Waals surface area contributed by atoms with Crippen LogP contribution in [0.4, 0.5) is 17.2 Å². The first-order chi connectivity index (χ1) is 10.5. The molecule has 0 spiro atoms. The number of aromatic nitrogens is 2.